The summed E-state index contributed by atoms with van der Waals surface area (Å²) in [5, 5.41) is 0.495. The zero-order chi connectivity index (χ0) is 20.9. The van der Waals surface area contributed by atoms with Crippen molar-refractivity contribution in [3.8, 4) is 0 Å². The second-order valence-corrected chi connectivity index (χ2v) is 10.9. The molecule has 2 aromatic carbocycles. The lowest BCUT2D eigenvalue weighted by molar-refractivity contribution is 0.0522. The van der Waals surface area contributed by atoms with Crippen molar-refractivity contribution in [2.45, 2.75) is 42.2 Å². The minimum Gasteiger partial charge on any atom is -0.462 e. The zero-order valence-electron chi connectivity index (χ0n) is 16.0. The molecule has 0 fully saturated rings. The molecule has 0 bridgehead atoms. The van der Waals surface area contributed by atoms with E-state index in [4.69, 9.17) is 16.3 Å². The highest BCUT2D eigenvalue weighted by Gasteiger charge is 2.20. The van der Waals surface area contributed by atoms with Crippen molar-refractivity contribution in [1.82, 2.24) is 0 Å². The van der Waals surface area contributed by atoms with Crippen LogP contribution in [0.3, 0.4) is 0 Å². The fraction of sp³-hybridized carbons (Fsp3) is 0.300. The Bertz CT molecular complexity index is 926. The van der Waals surface area contributed by atoms with E-state index in [0.29, 0.717) is 27.0 Å². The van der Waals surface area contributed by atoms with Crippen LogP contribution in [0.2, 0.25) is 5.02 Å². The van der Waals surface area contributed by atoms with Gasteiger partial charge in [0.15, 0.2) is 0 Å². The minimum absolute atomic E-state index is 0.298. The van der Waals surface area contributed by atoms with Crippen LogP contribution in [0.15, 0.2) is 55.1 Å². The lowest BCUT2D eigenvalue weighted by Gasteiger charge is -2.14. The van der Waals surface area contributed by atoms with Crippen LogP contribution in [0, 0.1) is 0 Å². The van der Waals surface area contributed by atoms with Gasteiger partial charge >= 0.3 is 5.97 Å². The molecular weight excluding hydrogens is 482 g/mol. The lowest BCUT2D eigenvalue weighted by Crippen LogP contribution is -2.19. The van der Waals surface area contributed by atoms with Gasteiger partial charge in [0.2, 0.25) is 0 Å². The molecule has 0 aliphatic heterocycles. The summed E-state index contributed by atoms with van der Waals surface area (Å²) in [6, 6.07) is 10.8. The maximum atomic E-state index is 12.3. The largest absolute Gasteiger partial charge is 0.462 e. The quantitative estimate of drug-likeness (QED) is 0.343. The van der Waals surface area contributed by atoms with Crippen molar-refractivity contribution >= 4 is 62.5 Å². The molecule has 4 nitrogen and oxygen atoms in total. The van der Waals surface area contributed by atoms with Crippen molar-refractivity contribution in [2.75, 3.05) is 6.61 Å². The first-order chi connectivity index (χ1) is 13.1. The monoisotopic (exact) mass is 501 g/mol. The Morgan fingerprint density at radius 2 is 1.96 bits per heavy atom. The normalized spacial score (nSPS) is 12.9. The van der Waals surface area contributed by atoms with Crippen molar-refractivity contribution < 1.29 is 13.7 Å². The summed E-state index contributed by atoms with van der Waals surface area (Å²) in [6.45, 7) is 7.65. The first-order valence-electron chi connectivity index (χ1n) is 8.53. The molecule has 0 aliphatic carbocycles. The van der Waals surface area contributed by atoms with E-state index in [-0.39, 0.29) is 5.97 Å². The number of hydrogen-bond donors (Lipinski definition) is 0. The molecule has 0 saturated heterocycles. The second kappa shape index (κ2) is 10.1. The third kappa shape index (κ3) is 5.92. The molecular formula is C20H21BrClNO3S2. The fourth-order valence-electron chi connectivity index (χ4n) is 2.06. The van der Waals surface area contributed by atoms with Crippen molar-refractivity contribution in [1.29, 1.82) is 0 Å². The van der Waals surface area contributed by atoms with Crippen LogP contribution in [0.25, 0.3) is 0 Å². The Morgan fingerprint density at radius 1 is 1.29 bits per heavy atom. The summed E-state index contributed by atoms with van der Waals surface area (Å²) in [5.74, 6) is -0.388. The molecule has 2 rings (SSSR count). The molecule has 0 N–H and O–H groups in total. The van der Waals surface area contributed by atoms with Gasteiger partial charge in [-0.2, -0.15) is 4.40 Å². The lowest BCUT2D eigenvalue weighted by atomic mass is 10.2. The molecule has 8 heteroatoms. The smallest absolute Gasteiger partial charge is 0.339 e. The van der Waals surface area contributed by atoms with E-state index in [2.05, 4.69) is 20.3 Å². The van der Waals surface area contributed by atoms with Gasteiger partial charge in [0.1, 0.15) is 11.0 Å². The van der Waals surface area contributed by atoms with E-state index >= 15 is 0 Å². The van der Waals surface area contributed by atoms with Crippen LogP contribution in [-0.4, -0.2) is 27.7 Å². The number of hydrogen-bond acceptors (Lipinski definition) is 4. The number of halogens is 2. The Morgan fingerprint density at radius 3 is 2.61 bits per heavy atom. The van der Waals surface area contributed by atoms with Gasteiger partial charge in [-0.05, 0) is 61.8 Å². The van der Waals surface area contributed by atoms with E-state index in [1.807, 2.05) is 45.0 Å². The standard InChI is InChI=1S/C20H21BrClNO3S2/c1-5-26-19(24)14-8-6-7-9-16(14)27-18-13(10-11-15(21)17(18)22)12-23-28(25)20(2,3)4/h6-12H,5H2,1-4H3. The summed E-state index contributed by atoms with van der Waals surface area (Å²) >= 11 is 11.3. The molecule has 1 atom stereocenters. The first-order valence-corrected chi connectivity index (χ1v) is 11.6. The van der Waals surface area contributed by atoms with Gasteiger partial charge < -0.3 is 4.74 Å². The molecule has 1 unspecified atom stereocenters. The van der Waals surface area contributed by atoms with Crippen LogP contribution in [0.5, 0.6) is 0 Å². The van der Waals surface area contributed by atoms with E-state index in [9.17, 15) is 9.00 Å². The number of nitrogens with zero attached hydrogens (tertiary/aromatic N) is 1. The Hall–Kier alpha value is -1.15. The highest BCUT2D eigenvalue weighted by molar-refractivity contribution is 9.10. The zero-order valence-corrected chi connectivity index (χ0v) is 20.0. The van der Waals surface area contributed by atoms with Crippen molar-refractivity contribution in [2.24, 2.45) is 4.40 Å². The molecule has 0 radical (unpaired) electrons. The molecule has 0 amide bonds. The molecule has 0 aliphatic rings. The van der Waals surface area contributed by atoms with Gasteiger partial charge in [-0.25, -0.2) is 9.00 Å². The summed E-state index contributed by atoms with van der Waals surface area (Å²) in [4.78, 5) is 13.7. The molecule has 150 valence electrons. The SMILES string of the molecule is CCOC(=O)c1ccccc1Sc1c(C=NS(=O)C(C)(C)C)ccc(Br)c1Cl. The van der Waals surface area contributed by atoms with Gasteiger partial charge in [-0.1, -0.05) is 41.6 Å². The number of carbonyl (C=O) groups excluding carboxylic acids is 1. The van der Waals surface area contributed by atoms with Crippen molar-refractivity contribution in [3.63, 3.8) is 0 Å². The molecule has 0 saturated carbocycles. The van der Waals surface area contributed by atoms with Gasteiger partial charge in [-0.3, -0.25) is 0 Å². The van der Waals surface area contributed by atoms with E-state index in [1.165, 1.54) is 11.8 Å². The number of carbonyl (C=O) groups is 1. The Balaban J connectivity index is 2.47. The summed E-state index contributed by atoms with van der Waals surface area (Å²) in [6.07, 6.45) is 1.56. The summed E-state index contributed by atoms with van der Waals surface area (Å²) in [5.41, 5.74) is 1.18. The maximum Gasteiger partial charge on any atom is 0.339 e. The number of rotatable bonds is 6. The Kier molecular flexibility index (Phi) is 8.30. The fourth-order valence-corrected chi connectivity index (χ4v) is 4.40. The Labute approximate surface area is 185 Å². The summed E-state index contributed by atoms with van der Waals surface area (Å²) in [7, 11) is -1.39. The highest BCUT2D eigenvalue weighted by atomic mass is 79.9. The van der Waals surface area contributed by atoms with E-state index in [0.717, 1.165) is 10.0 Å². The first kappa shape index (κ1) is 23.1. The van der Waals surface area contributed by atoms with Crippen LogP contribution in [-0.2, 0) is 15.7 Å². The number of esters is 1. The average molecular weight is 503 g/mol. The molecule has 2 aromatic rings. The molecule has 0 aromatic heterocycles. The number of ether oxygens (including phenoxy) is 1. The molecule has 0 spiro atoms. The topological polar surface area (TPSA) is 55.7 Å². The summed E-state index contributed by atoms with van der Waals surface area (Å²) < 4.78 is 21.9. The second-order valence-electron chi connectivity index (χ2n) is 6.69. The van der Waals surface area contributed by atoms with Crippen molar-refractivity contribution in [3.05, 3.63) is 57.0 Å². The van der Waals surface area contributed by atoms with Crippen LogP contribution >= 0.6 is 39.3 Å². The van der Waals surface area contributed by atoms with Gasteiger partial charge in [0, 0.05) is 26.0 Å². The molecule has 28 heavy (non-hydrogen) atoms. The van der Waals surface area contributed by atoms with E-state index in [1.54, 1.807) is 25.3 Å². The van der Waals surface area contributed by atoms with Gasteiger partial charge in [0.05, 0.1) is 21.9 Å². The van der Waals surface area contributed by atoms with Crippen LogP contribution in [0.1, 0.15) is 43.6 Å². The van der Waals surface area contributed by atoms with E-state index < -0.39 is 15.7 Å². The third-order valence-corrected chi connectivity index (χ3v) is 7.44. The van der Waals surface area contributed by atoms with Gasteiger partial charge in [0.25, 0.3) is 0 Å². The average Bonchev–Trinajstić information content (AvgIpc) is 2.64. The maximum absolute atomic E-state index is 12.3. The minimum atomic E-state index is -1.39. The molecule has 0 heterocycles. The van der Waals surface area contributed by atoms with Crippen LogP contribution < -0.4 is 0 Å². The number of benzene rings is 2. The highest BCUT2D eigenvalue weighted by Crippen LogP contribution is 2.40. The van der Waals surface area contributed by atoms with Crippen LogP contribution in [0.4, 0.5) is 0 Å². The van der Waals surface area contributed by atoms with Gasteiger partial charge in [-0.15, -0.1) is 0 Å². The predicted molar refractivity (Wildman–Crippen MR) is 121 cm³/mol. The third-order valence-electron chi connectivity index (χ3n) is 3.49. The predicted octanol–water partition coefficient (Wildman–Crippen LogP) is 6.31.